The summed E-state index contributed by atoms with van der Waals surface area (Å²) in [5.41, 5.74) is 3.30. The van der Waals surface area contributed by atoms with E-state index in [0.29, 0.717) is 13.1 Å². The van der Waals surface area contributed by atoms with Crippen molar-refractivity contribution < 1.29 is 4.79 Å². The Labute approximate surface area is 164 Å². The predicted molar refractivity (Wildman–Crippen MR) is 109 cm³/mol. The van der Waals surface area contributed by atoms with E-state index in [1.54, 1.807) is 6.33 Å². The number of hydrogen-bond acceptors (Lipinski definition) is 4. The highest BCUT2D eigenvalue weighted by molar-refractivity contribution is 8.00. The van der Waals surface area contributed by atoms with Crippen molar-refractivity contribution in [2.24, 2.45) is 0 Å². The van der Waals surface area contributed by atoms with Gasteiger partial charge in [-0.15, -0.1) is 10.2 Å². The van der Waals surface area contributed by atoms with Crippen LogP contribution in [0, 0.1) is 6.92 Å². The van der Waals surface area contributed by atoms with Gasteiger partial charge in [0.25, 0.3) is 0 Å². The predicted octanol–water partition coefficient (Wildman–Crippen LogP) is 4.11. The first-order valence-corrected chi connectivity index (χ1v) is 9.93. The highest BCUT2D eigenvalue weighted by atomic mass is 32.2. The van der Waals surface area contributed by atoms with Crippen LogP contribution in [0.1, 0.15) is 25.0 Å². The highest BCUT2D eigenvalue weighted by Crippen LogP contribution is 2.26. The van der Waals surface area contributed by atoms with E-state index < -0.39 is 0 Å². The molecule has 1 atom stereocenters. The van der Waals surface area contributed by atoms with E-state index in [2.05, 4.69) is 23.2 Å². The van der Waals surface area contributed by atoms with E-state index in [-0.39, 0.29) is 11.2 Å². The molecule has 0 aliphatic heterocycles. The Bertz CT molecular complexity index is 894. The summed E-state index contributed by atoms with van der Waals surface area (Å²) in [5, 5.41) is 8.76. The summed E-state index contributed by atoms with van der Waals surface area (Å²) >= 11 is 1.44. The zero-order valence-corrected chi connectivity index (χ0v) is 16.7. The summed E-state index contributed by atoms with van der Waals surface area (Å²) < 4.78 is 1.94. The molecular formula is C21H24N4OS. The summed E-state index contributed by atoms with van der Waals surface area (Å²) in [5.74, 6) is 0.102. The van der Waals surface area contributed by atoms with Crippen molar-refractivity contribution in [3.63, 3.8) is 0 Å². The Morgan fingerprint density at radius 3 is 2.56 bits per heavy atom. The van der Waals surface area contributed by atoms with Gasteiger partial charge in [-0.1, -0.05) is 60.3 Å². The lowest BCUT2D eigenvalue weighted by Gasteiger charge is -2.24. The van der Waals surface area contributed by atoms with Gasteiger partial charge in [0.05, 0.1) is 10.9 Å². The first-order chi connectivity index (χ1) is 13.1. The fraction of sp³-hybridized carbons (Fsp3) is 0.286. The molecule has 1 aromatic heterocycles. The van der Waals surface area contributed by atoms with Crippen LogP contribution >= 0.6 is 11.8 Å². The van der Waals surface area contributed by atoms with Crippen LogP contribution in [0.25, 0.3) is 5.69 Å². The number of amides is 1. The van der Waals surface area contributed by atoms with Crippen LogP contribution < -0.4 is 0 Å². The molecule has 1 amide bonds. The Balaban J connectivity index is 1.73. The van der Waals surface area contributed by atoms with Crippen molar-refractivity contribution in [3.8, 4) is 5.69 Å². The van der Waals surface area contributed by atoms with Gasteiger partial charge in [-0.3, -0.25) is 9.36 Å². The Hall–Kier alpha value is -2.60. The second-order valence-electron chi connectivity index (χ2n) is 6.37. The van der Waals surface area contributed by atoms with Gasteiger partial charge < -0.3 is 4.90 Å². The van der Waals surface area contributed by atoms with Gasteiger partial charge in [0, 0.05) is 13.1 Å². The van der Waals surface area contributed by atoms with Gasteiger partial charge >= 0.3 is 0 Å². The zero-order chi connectivity index (χ0) is 19.2. The summed E-state index contributed by atoms with van der Waals surface area (Å²) in [4.78, 5) is 14.8. The van der Waals surface area contributed by atoms with Crippen molar-refractivity contribution in [1.82, 2.24) is 19.7 Å². The quantitative estimate of drug-likeness (QED) is 0.579. The first kappa shape index (κ1) is 19.2. The summed E-state index contributed by atoms with van der Waals surface area (Å²) in [6.45, 7) is 7.28. The van der Waals surface area contributed by atoms with Crippen molar-refractivity contribution in [2.75, 3.05) is 6.54 Å². The number of thioether (sulfide) groups is 1. The third-order valence-electron chi connectivity index (χ3n) is 4.43. The van der Waals surface area contributed by atoms with Crippen LogP contribution in [0.5, 0.6) is 0 Å². The smallest absolute Gasteiger partial charge is 0.236 e. The van der Waals surface area contributed by atoms with E-state index in [4.69, 9.17) is 0 Å². The van der Waals surface area contributed by atoms with Gasteiger partial charge in [0.1, 0.15) is 6.33 Å². The van der Waals surface area contributed by atoms with Gasteiger partial charge in [-0.25, -0.2) is 0 Å². The molecule has 3 rings (SSSR count). The zero-order valence-electron chi connectivity index (χ0n) is 15.9. The van der Waals surface area contributed by atoms with Gasteiger partial charge in [-0.2, -0.15) is 0 Å². The van der Waals surface area contributed by atoms with Crippen LogP contribution in [0.3, 0.4) is 0 Å². The lowest BCUT2D eigenvalue weighted by Crippen LogP contribution is -2.36. The maximum atomic E-state index is 13.0. The number of para-hydroxylation sites is 1. The number of nitrogens with zero attached hydrogens (tertiary/aromatic N) is 4. The molecule has 1 heterocycles. The minimum Gasteiger partial charge on any atom is -0.338 e. The SMILES string of the molecule is CCN(Cc1ccccc1)C(=O)C(C)Sc1nncn1-c1ccccc1C. The number of aryl methyl sites for hydroxylation is 1. The molecule has 0 N–H and O–H groups in total. The Morgan fingerprint density at radius 1 is 1.15 bits per heavy atom. The number of aromatic nitrogens is 3. The van der Waals surface area contributed by atoms with Crippen LogP contribution in [0.4, 0.5) is 0 Å². The normalized spacial score (nSPS) is 12.0. The van der Waals surface area contributed by atoms with E-state index >= 15 is 0 Å². The lowest BCUT2D eigenvalue weighted by atomic mass is 10.2. The number of carbonyl (C=O) groups excluding carboxylic acids is 1. The molecule has 0 aliphatic carbocycles. The monoisotopic (exact) mass is 380 g/mol. The molecule has 1 unspecified atom stereocenters. The maximum Gasteiger partial charge on any atom is 0.236 e. The lowest BCUT2D eigenvalue weighted by molar-refractivity contribution is -0.130. The molecular weight excluding hydrogens is 356 g/mol. The van der Waals surface area contributed by atoms with Crippen LogP contribution in [0.2, 0.25) is 0 Å². The molecule has 0 saturated carbocycles. The van der Waals surface area contributed by atoms with Crippen molar-refractivity contribution in [1.29, 1.82) is 0 Å². The molecule has 5 nitrogen and oxygen atoms in total. The van der Waals surface area contributed by atoms with Crippen LogP contribution in [-0.4, -0.2) is 37.4 Å². The molecule has 0 fully saturated rings. The van der Waals surface area contributed by atoms with Crippen LogP contribution in [0.15, 0.2) is 66.1 Å². The third kappa shape index (κ3) is 4.57. The van der Waals surface area contributed by atoms with E-state index in [9.17, 15) is 4.79 Å². The highest BCUT2D eigenvalue weighted by Gasteiger charge is 2.23. The number of rotatable bonds is 7. The molecule has 140 valence electrons. The fourth-order valence-electron chi connectivity index (χ4n) is 2.92. The number of benzene rings is 2. The van der Waals surface area contributed by atoms with E-state index in [0.717, 1.165) is 22.0 Å². The molecule has 6 heteroatoms. The topological polar surface area (TPSA) is 51.0 Å². The standard InChI is InChI=1S/C21H24N4OS/c1-4-24(14-18-11-6-5-7-12-18)20(26)17(3)27-21-23-22-15-25(21)19-13-9-8-10-16(19)2/h5-13,15,17H,4,14H2,1-3H3. The minimum absolute atomic E-state index is 0.102. The summed E-state index contributed by atoms with van der Waals surface area (Å²) in [6.07, 6.45) is 1.70. The van der Waals surface area contributed by atoms with Crippen LogP contribution in [-0.2, 0) is 11.3 Å². The second-order valence-corrected chi connectivity index (χ2v) is 7.68. The summed E-state index contributed by atoms with van der Waals surface area (Å²) in [7, 11) is 0. The van der Waals surface area contributed by atoms with Gasteiger partial charge in [-0.05, 0) is 38.0 Å². The van der Waals surface area contributed by atoms with Crippen molar-refractivity contribution >= 4 is 17.7 Å². The van der Waals surface area contributed by atoms with Gasteiger partial charge in [0.15, 0.2) is 5.16 Å². The molecule has 0 spiro atoms. The van der Waals surface area contributed by atoms with Gasteiger partial charge in [0.2, 0.25) is 5.91 Å². The third-order valence-corrected chi connectivity index (χ3v) is 5.48. The van der Waals surface area contributed by atoms with Crippen molar-refractivity contribution in [2.45, 2.75) is 37.7 Å². The largest absolute Gasteiger partial charge is 0.338 e. The molecule has 0 bridgehead atoms. The Kier molecular flexibility index (Phi) is 6.29. The number of carbonyl (C=O) groups is 1. The van der Waals surface area contributed by atoms with Crippen molar-refractivity contribution in [3.05, 3.63) is 72.1 Å². The fourth-order valence-corrected chi connectivity index (χ4v) is 3.84. The maximum absolute atomic E-state index is 13.0. The molecule has 0 saturated heterocycles. The Morgan fingerprint density at radius 2 is 1.85 bits per heavy atom. The molecule has 0 radical (unpaired) electrons. The minimum atomic E-state index is -0.249. The number of hydrogen-bond donors (Lipinski definition) is 0. The summed E-state index contributed by atoms with van der Waals surface area (Å²) in [6, 6.07) is 18.1. The van der Waals surface area contributed by atoms with E-state index in [1.165, 1.54) is 11.8 Å². The second kappa shape index (κ2) is 8.86. The molecule has 2 aromatic carbocycles. The molecule has 0 aliphatic rings. The average molecular weight is 381 g/mol. The molecule has 3 aromatic rings. The first-order valence-electron chi connectivity index (χ1n) is 9.05. The average Bonchev–Trinajstić information content (AvgIpc) is 3.14. The van der Waals surface area contributed by atoms with E-state index in [1.807, 2.05) is 71.8 Å². The molecule has 27 heavy (non-hydrogen) atoms.